The lowest BCUT2D eigenvalue weighted by Crippen LogP contribution is -2.50. The van der Waals surface area contributed by atoms with Crippen LogP contribution in [-0.4, -0.2) is 44.6 Å². The second kappa shape index (κ2) is 6.29. The van der Waals surface area contributed by atoms with Crippen molar-refractivity contribution < 1.29 is 0 Å². The van der Waals surface area contributed by atoms with E-state index < -0.39 is 0 Å². The minimum Gasteiger partial charge on any atom is -0.368 e. The van der Waals surface area contributed by atoms with Crippen molar-refractivity contribution in [3.63, 3.8) is 0 Å². The molecule has 2 aromatic heterocycles. The molecule has 2 N–H and O–H groups in total. The minimum absolute atomic E-state index is 0.296. The molecule has 4 aliphatic heterocycles. The van der Waals surface area contributed by atoms with Crippen LogP contribution in [0.2, 0.25) is 0 Å². The van der Waals surface area contributed by atoms with E-state index in [0.29, 0.717) is 24.1 Å². The van der Waals surface area contributed by atoms with Gasteiger partial charge in [0, 0.05) is 48.7 Å². The van der Waals surface area contributed by atoms with Crippen molar-refractivity contribution in [2.75, 3.05) is 22.1 Å². The quantitative estimate of drug-likeness (QED) is 0.880. The van der Waals surface area contributed by atoms with Crippen LogP contribution in [0.15, 0.2) is 18.5 Å². The molecule has 7 nitrogen and oxygen atoms in total. The Morgan fingerprint density at radius 2 is 1.57 bits per heavy atom. The van der Waals surface area contributed by atoms with Gasteiger partial charge in [-0.2, -0.15) is 4.98 Å². The van der Waals surface area contributed by atoms with Crippen LogP contribution in [0.4, 0.5) is 17.7 Å². The Bertz CT molecular complexity index is 855. The molecule has 7 heteroatoms. The number of rotatable bonds is 3. The third-order valence-electron chi connectivity index (χ3n) is 7.23. The molecule has 0 aromatic carbocycles. The van der Waals surface area contributed by atoms with Gasteiger partial charge in [0.1, 0.15) is 5.82 Å². The molecule has 5 fully saturated rings. The van der Waals surface area contributed by atoms with Gasteiger partial charge < -0.3 is 15.5 Å². The van der Waals surface area contributed by atoms with Crippen molar-refractivity contribution >= 4 is 17.7 Å². The van der Waals surface area contributed by atoms with Crippen LogP contribution < -0.4 is 15.5 Å². The highest BCUT2D eigenvalue weighted by Gasteiger charge is 2.44. The molecule has 1 saturated carbocycles. The standard InChI is InChI=1S/C21H27N7/c22-20-23-10-14(11-24-20)18-9-19(28-15-3-1-4-16(28)6-2-5-15)26-21(25-18)27-12-13-7-17(27)8-13/h9-11,13,15-17H,1-8,12H2,(H2,22,23,24). The fourth-order valence-electron chi connectivity index (χ4n) is 5.77. The summed E-state index contributed by atoms with van der Waals surface area (Å²) < 4.78 is 0. The van der Waals surface area contributed by atoms with Gasteiger partial charge in [0.15, 0.2) is 0 Å². The van der Waals surface area contributed by atoms with Crippen molar-refractivity contribution in [1.82, 2.24) is 19.9 Å². The molecule has 1 aliphatic carbocycles. The highest BCUT2D eigenvalue weighted by molar-refractivity contribution is 5.65. The molecule has 4 saturated heterocycles. The van der Waals surface area contributed by atoms with E-state index in [1.807, 2.05) is 0 Å². The van der Waals surface area contributed by atoms with E-state index in [1.54, 1.807) is 12.4 Å². The van der Waals surface area contributed by atoms with E-state index in [4.69, 9.17) is 15.7 Å². The lowest BCUT2D eigenvalue weighted by Gasteiger charge is -2.47. The predicted octanol–water partition coefficient (Wildman–Crippen LogP) is 3.03. The van der Waals surface area contributed by atoms with Crippen LogP contribution in [0, 0.1) is 5.92 Å². The van der Waals surface area contributed by atoms with Gasteiger partial charge in [-0.15, -0.1) is 0 Å². The van der Waals surface area contributed by atoms with Gasteiger partial charge in [-0.3, -0.25) is 0 Å². The Morgan fingerprint density at radius 3 is 2.18 bits per heavy atom. The van der Waals surface area contributed by atoms with Gasteiger partial charge in [-0.05, 0) is 57.3 Å². The van der Waals surface area contributed by atoms with Gasteiger partial charge >= 0.3 is 0 Å². The molecule has 4 bridgehead atoms. The molecule has 5 aliphatic rings. The number of anilines is 3. The highest BCUT2D eigenvalue weighted by Crippen LogP contribution is 2.44. The predicted molar refractivity (Wildman–Crippen MR) is 109 cm³/mol. The molecule has 2 aromatic rings. The number of nitrogens with zero attached hydrogens (tertiary/aromatic N) is 6. The first kappa shape index (κ1) is 16.5. The summed E-state index contributed by atoms with van der Waals surface area (Å²) in [5.41, 5.74) is 7.52. The van der Waals surface area contributed by atoms with Crippen LogP contribution in [0.3, 0.4) is 0 Å². The van der Waals surface area contributed by atoms with Crippen molar-refractivity contribution in [2.45, 2.75) is 69.5 Å². The number of fused-ring (bicyclic) bond motifs is 3. The molecule has 0 radical (unpaired) electrons. The van der Waals surface area contributed by atoms with Gasteiger partial charge in [0.2, 0.25) is 11.9 Å². The Labute approximate surface area is 165 Å². The molecular formula is C21H27N7. The zero-order chi connectivity index (χ0) is 18.7. The van der Waals surface area contributed by atoms with Crippen LogP contribution in [0.25, 0.3) is 11.3 Å². The molecule has 6 heterocycles. The summed E-state index contributed by atoms with van der Waals surface area (Å²) in [4.78, 5) is 23.5. The first-order chi connectivity index (χ1) is 13.7. The van der Waals surface area contributed by atoms with Gasteiger partial charge in [0.25, 0.3) is 0 Å². The second-order valence-corrected chi connectivity index (χ2v) is 8.96. The summed E-state index contributed by atoms with van der Waals surface area (Å²) in [6.07, 6.45) is 14.0. The molecule has 0 spiro atoms. The summed E-state index contributed by atoms with van der Waals surface area (Å²) in [5, 5.41) is 0. The largest absolute Gasteiger partial charge is 0.368 e. The van der Waals surface area contributed by atoms with Crippen molar-refractivity contribution in [1.29, 1.82) is 0 Å². The maximum Gasteiger partial charge on any atom is 0.228 e. The summed E-state index contributed by atoms with van der Waals surface area (Å²) in [5.74, 6) is 3.10. The fourth-order valence-corrected chi connectivity index (χ4v) is 5.77. The number of nitrogens with two attached hydrogens (primary N) is 1. The van der Waals surface area contributed by atoms with E-state index in [0.717, 1.165) is 35.5 Å². The Morgan fingerprint density at radius 1 is 0.893 bits per heavy atom. The fraction of sp³-hybridized carbons (Fsp3) is 0.619. The SMILES string of the molecule is Nc1ncc(-c2cc(N3C4CCCC3CCC4)nc(N3CC4CC3C4)n2)cn1. The molecule has 0 amide bonds. The average molecular weight is 377 g/mol. The van der Waals surface area contributed by atoms with Gasteiger partial charge in [0.05, 0.1) is 5.69 Å². The van der Waals surface area contributed by atoms with E-state index >= 15 is 0 Å². The topological polar surface area (TPSA) is 84.1 Å². The van der Waals surface area contributed by atoms with E-state index in [2.05, 4.69) is 25.8 Å². The lowest BCUT2D eigenvalue weighted by atomic mass is 9.84. The second-order valence-electron chi connectivity index (χ2n) is 8.96. The van der Waals surface area contributed by atoms with Crippen molar-refractivity contribution in [2.24, 2.45) is 5.92 Å². The highest BCUT2D eigenvalue weighted by atomic mass is 15.3. The van der Waals surface area contributed by atoms with Crippen LogP contribution >= 0.6 is 0 Å². The molecular weight excluding hydrogens is 350 g/mol. The molecule has 28 heavy (non-hydrogen) atoms. The summed E-state index contributed by atoms with van der Waals surface area (Å²) in [6, 6.07) is 4.02. The zero-order valence-corrected chi connectivity index (χ0v) is 16.2. The zero-order valence-electron chi connectivity index (χ0n) is 16.2. The summed E-state index contributed by atoms with van der Waals surface area (Å²) in [7, 11) is 0. The summed E-state index contributed by atoms with van der Waals surface area (Å²) >= 11 is 0. The Balaban J connectivity index is 1.44. The van der Waals surface area contributed by atoms with Gasteiger partial charge in [-0.25, -0.2) is 15.0 Å². The first-order valence-electron chi connectivity index (χ1n) is 10.8. The number of piperidine rings is 2. The average Bonchev–Trinajstić information content (AvgIpc) is 3.29. The monoisotopic (exact) mass is 377 g/mol. The molecule has 0 unspecified atom stereocenters. The van der Waals surface area contributed by atoms with E-state index in [-0.39, 0.29) is 0 Å². The Kier molecular flexibility index (Phi) is 3.71. The van der Waals surface area contributed by atoms with Crippen LogP contribution in [0.1, 0.15) is 51.4 Å². The third kappa shape index (κ3) is 2.63. The smallest absolute Gasteiger partial charge is 0.228 e. The van der Waals surface area contributed by atoms with E-state index in [1.165, 1.54) is 51.4 Å². The van der Waals surface area contributed by atoms with Crippen LogP contribution in [-0.2, 0) is 0 Å². The number of hydrogen-bond acceptors (Lipinski definition) is 7. The summed E-state index contributed by atoms with van der Waals surface area (Å²) in [6.45, 7) is 1.10. The van der Waals surface area contributed by atoms with Crippen molar-refractivity contribution in [3.05, 3.63) is 18.5 Å². The van der Waals surface area contributed by atoms with E-state index in [9.17, 15) is 0 Å². The van der Waals surface area contributed by atoms with Gasteiger partial charge in [-0.1, -0.05) is 0 Å². The lowest BCUT2D eigenvalue weighted by molar-refractivity contribution is 0.294. The maximum atomic E-state index is 5.70. The number of nitrogen functional groups attached to an aromatic ring is 1. The Hall–Kier alpha value is -2.44. The minimum atomic E-state index is 0.296. The number of hydrogen-bond donors (Lipinski definition) is 1. The van der Waals surface area contributed by atoms with Crippen molar-refractivity contribution in [3.8, 4) is 11.3 Å². The maximum absolute atomic E-state index is 5.70. The molecule has 146 valence electrons. The normalized spacial score (nSPS) is 31.0. The first-order valence-corrected chi connectivity index (χ1v) is 10.8. The molecule has 7 rings (SSSR count). The number of aromatic nitrogens is 4. The molecule has 0 atom stereocenters. The third-order valence-corrected chi connectivity index (χ3v) is 7.23. The van der Waals surface area contributed by atoms with Crippen LogP contribution in [0.5, 0.6) is 0 Å².